The molecule has 1 aliphatic rings. The molecule has 71 valence electrons. The van der Waals surface area contributed by atoms with Crippen LogP contribution in [-0.2, 0) is 0 Å². The van der Waals surface area contributed by atoms with Gasteiger partial charge in [0.25, 0.3) is 0 Å². The van der Waals surface area contributed by atoms with Crippen LogP contribution in [-0.4, -0.2) is 28.3 Å². The summed E-state index contributed by atoms with van der Waals surface area (Å²) in [4.78, 5) is 18.2. The fourth-order valence-corrected chi connectivity index (χ4v) is 1.23. The van der Waals surface area contributed by atoms with Gasteiger partial charge < -0.3 is 0 Å². The summed E-state index contributed by atoms with van der Waals surface area (Å²) in [5, 5.41) is 0. The fourth-order valence-electron chi connectivity index (χ4n) is 1.23. The lowest BCUT2D eigenvalue weighted by molar-refractivity contribution is 0.754. The standard InChI is InChI=1S/C9H10N5/c1-7-12-6-14(8(2)13-7)9-5-10-3-4-11-9/h3-5,8H,1-2H3. The minimum Gasteiger partial charge on any atom is -0.284 e. The SMILES string of the molecule is CC1=NC(C)N(c2cnccn2)[C]=N1. The van der Waals surface area contributed by atoms with Gasteiger partial charge in [0.05, 0.1) is 6.20 Å². The Kier molecular flexibility index (Phi) is 2.22. The van der Waals surface area contributed by atoms with Crippen molar-refractivity contribution in [3.8, 4) is 0 Å². The van der Waals surface area contributed by atoms with Gasteiger partial charge in [-0.1, -0.05) is 0 Å². The lowest BCUT2D eigenvalue weighted by Crippen LogP contribution is -2.34. The van der Waals surface area contributed by atoms with E-state index in [4.69, 9.17) is 0 Å². The summed E-state index contributed by atoms with van der Waals surface area (Å²) in [5.74, 6) is 1.44. The zero-order valence-corrected chi connectivity index (χ0v) is 8.05. The Morgan fingerprint density at radius 3 is 2.93 bits per heavy atom. The van der Waals surface area contributed by atoms with E-state index in [1.54, 1.807) is 23.5 Å². The van der Waals surface area contributed by atoms with Crippen LogP contribution in [0.25, 0.3) is 0 Å². The molecule has 0 saturated carbocycles. The summed E-state index contributed by atoms with van der Waals surface area (Å²) >= 11 is 0. The van der Waals surface area contributed by atoms with Crippen molar-refractivity contribution in [2.24, 2.45) is 9.98 Å². The lowest BCUT2D eigenvalue weighted by atomic mass is 10.4. The van der Waals surface area contributed by atoms with Crippen LogP contribution < -0.4 is 4.90 Å². The number of rotatable bonds is 1. The molecule has 5 nitrogen and oxygen atoms in total. The highest BCUT2D eigenvalue weighted by atomic mass is 15.3. The number of aromatic nitrogens is 2. The van der Waals surface area contributed by atoms with Gasteiger partial charge in [-0.3, -0.25) is 9.88 Å². The van der Waals surface area contributed by atoms with Crippen molar-refractivity contribution in [1.29, 1.82) is 0 Å². The van der Waals surface area contributed by atoms with Gasteiger partial charge in [-0.05, 0) is 13.8 Å². The molecule has 0 N–H and O–H groups in total. The predicted molar refractivity (Wildman–Crippen MR) is 54.5 cm³/mol. The Morgan fingerprint density at radius 1 is 1.43 bits per heavy atom. The van der Waals surface area contributed by atoms with Crippen molar-refractivity contribution in [2.45, 2.75) is 20.0 Å². The van der Waals surface area contributed by atoms with Gasteiger partial charge in [-0.15, -0.1) is 0 Å². The lowest BCUT2D eigenvalue weighted by Gasteiger charge is -2.24. The highest BCUT2D eigenvalue weighted by Gasteiger charge is 2.16. The molecule has 1 aliphatic heterocycles. The van der Waals surface area contributed by atoms with E-state index < -0.39 is 0 Å². The van der Waals surface area contributed by atoms with Gasteiger partial charge in [0.15, 0.2) is 12.2 Å². The quantitative estimate of drug-likeness (QED) is 0.659. The molecule has 0 bridgehead atoms. The van der Waals surface area contributed by atoms with Crippen molar-refractivity contribution >= 4 is 18.0 Å². The summed E-state index contributed by atoms with van der Waals surface area (Å²) in [5.41, 5.74) is 0. The third-order valence-corrected chi connectivity index (χ3v) is 1.86. The van der Waals surface area contributed by atoms with Crippen molar-refractivity contribution in [3.05, 3.63) is 18.6 Å². The van der Waals surface area contributed by atoms with Crippen molar-refractivity contribution in [1.82, 2.24) is 9.97 Å². The Bertz CT molecular complexity index is 370. The van der Waals surface area contributed by atoms with Gasteiger partial charge in [0.2, 0.25) is 0 Å². The van der Waals surface area contributed by atoms with Crippen LogP contribution in [0.2, 0.25) is 0 Å². The minimum absolute atomic E-state index is 0.0239. The maximum absolute atomic E-state index is 4.29. The van der Waals surface area contributed by atoms with E-state index in [0.29, 0.717) is 5.82 Å². The van der Waals surface area contributed by atoms with Crippen LogP contribution in [0.3, 0.4) is 0 Å². The molecule has 2 rings (SSSR count). The topological polar surface area (TPSA) is 53.7 Å². The van der Waals surface area contributed by atoms with Crippen molar-refractivity contribution in [3.63, 3.8) is 0 Å². The summed E-state index contributed by atoms with van der Waals surface area (Å²) in [6.07, 6.45) is 7.76. The minimum atomic E-state index is -0.0239. The number of anilines is 1. The van der Waals surface area contributed by atoms with Crippen LogP contribution in [0, 0.1) is 0 Å². The van der Waals surface area contributed by atoms with E-state index in [0.717, 1.165) is 5.84 Å². The molecule has 0 aromatic carbocycles. The first-order valence-electron chi connectivity index (χ1n) is 4.33. The third-order valence-electron chi connectivity index (χ3n) is 1.86. The third kappa shape index (κ3) is 1.61. The van der Waals surface area contributed by atoms with Crippen molar-refractivity contribution < 1.29 is 0 Å². The zero-order chi connectivity index (χ0) is 9.97. The molecule has 1 aromatic rings. The van der Waals surface area contributed by atoms with Crippen LogP contribution >= 0.6 is 0 Å². The number of nitrogens with zero attached hydrogens (tertiary/aromatic N) is 5. The second-order valence-corrected chi connectivity index (χ2v) is 2.95. The van der Waals surface area contributed by atoms with Gasteiger partial charge in [0, 0.05) is 12.4 Å². The highest BCUT2D eigenvalue weighted by molar-refractivity contribution is 5.94. The molecular formula is C9H10N5. The first-order valence-corrected chi connectivity index (χ1v) is 4.33. The molecule has 1 aromatic heterocycles. The van der Waals surface area contributed by atoms with Crippen LogP contribution in [0.4, 0.5) is 5.82 Å². The van der Waals surface area contributed by atoms with Crippen molar-refractivity contribution in [2.75, 3.05) is 4.90 Å². The molecule has 0 saturated heterocycles. The Morgan fingerprint density at radius 2 is 2.29 bits per heavy atom. The molecular weight excluding hydrogens is 178 g/mol. The molecule has 1 unspecified atom stereocenters. The van der Waals surface area contributed by atoms with Gasteiger partial charge in [-0.25, -0.2) is 15.0 Å². The summed E-state index contributed by atoms with van der Waals surface area (Å²) in [6.45, 7) is 3.80. The fraction of sp³-hybridized carbons (Fsp3) is 0.333. The maximum atomic E-state index is 4.29. The van der Waals surface area contributed by atoms with E-state index in [2.05, 4.69) is 26.3 Å². The van der Waals surface area contributed by atoms with Crippen LogP contribution in [0.15, 0.2) is 28.6 Å². The smallest absolute Gasteiger partial charge is 0.181 e. The second-order valence-electron chi connectivity index (χ2n) is 2.95. The van der Waals surface area contributed by atoms with E-state index in [1.807, 2.05) is 13.8 Å². The number of amidine groups is 1. The Balaban J connectivity index is 2.26. The monoisotopic (exact) mass is 188 g/mol. The molecule has 1 radical (unpaired) electrons. The Labute approximate surface area is 82.2 Å². The zero-order valence-electron chi connectivity index (χ0n) is 8.05. The average Bonchev–Trinajstić information content (AvgIpc) is 2.19. The molecule has 0 fully saturated rings. The van der Waals surface area contributed by atoms with Gasteiger partial charge in [-0.2, -0.15) is 0 Å². The maximum Gasteiger partial charge on any atom is 0.181 e. The summed E-state index contributed by atoms with van der Waals surface area (Å²) in [7, 11) is 0. The first kappa shape index (κ1) is 8.80. The predicted octanol–water partition coefficient (Wildman–Crippen LogP) is 0.966. The normalized spacial score (nSPS) is 20.9. The van der Waals surface area contributed by atoms with E-state index in [9.17, 15) is 0 Å². The van der Waals surface area contributed by atoms with Crippen LogP contribution in [0.1, 0.15) is 13.8 Å². The first-order chi connectivity index (χ1) is 6.77. The molecule has 0 aliphatic carbocycles. The van der Waals surface area contributed by atoms with Gasteiger partial charge in [0.1, 0.15) is 12.0 Å². The van der Waals surface area contributed by atoms with E-state index >= 15 is 0 Å². The number of aliphatic imine (C=N–C) groups is 2. The largest absolute Gasteiger partial charge is 0.284 e. The summed E-state index contributed by atoms with van der Waals surface area (Å²) < 4.78 is 0. The van der Waals surface area contributed by atoms with Crippen LogP contribution in [0.5, 0.6) is 0 Å². The summed E-state index contributed by atoms with van der Waals surface area (Å²) in [6, 6.07) is 0. The molecule has 14 heavy (non-hydrogen) atoms. The van der Waals surface area contributed by atoms with E-state index in [-0.39, 0.29) is 6.17 Å². The molecule has 0 spiro atoms. The highest BCUT2D eigenvalue weighted by Crippen LogP contribution is 2.13. The second kappa shape index (κ2) is 3.53. The van der Waals surface area contributed by atoms with E-state index in [1.165, 1.54) is 0 Å². The number of hydrogen-bond acceptors (Lipinski definition) is 5. The number of hydrogen-bond donors (Lipinski definition) is 0. The van der Waals surface area contributed by atoms with Gasteiger partial charge >= 0.3 is 0 Å². The molecule has 1 atom stereocenters. The average molecular weight is 188 g/mol. The molecule has 5 heteroatoms. The molecule has 2 heterocycles. The molecule has 0 amide bonds. The Hall–Kier alpha value is -1.78.